The average Bonchev–Trinajstić information content (AvgIpc) is 2.17. The third-order valence-corrected chi connectivity index (χ3v) is 2.67. The first kappa shape index (κ1) is 12.2. The second-order valence-corrected chi connectivity index (χ2v) is 4.62. The first-order valence-corrected chi connectivity index (χ1v) is 5.88. The van der Waals surface area contributed by atoms with Gasteiger partial charge in [-0.1, -0.05) is 52.0 Å². The molecule has 0 radical (unpaired) electrons. The minimum atomic E-state index is 0.515. The molecule has 1 aromatic carbocycles. The molecule has 0 aromatic heterocycles. The number of nitrogens with one attached hydrogen (secondary N) is 1. The second kappa shape index (κ2) is 5.26. The van der Waals surface area contributed by atoms with E-state index in [0.29, 0.717) is 11.8 Å². The summed E-state index contributed by atoms with van der Waals surface area (Å²) in [6.07, 6.45) is 0. The van der Waals surface area contributed by atoms with Crippen molar-refractivity contribution in [3.8, 4) is 0 Å². The van der Waals surface area contributed by atoms with Crippen molar-refractivity contribution in [1.82, 2.24) is 0 Å². The van der Waals surface area contributed by atoms with Crippen LogP contribution in [0.3, 0.4) is 0 Å². The molecule has 0 amide bonds. The van der Waals surface area contributed by atoms with Crippen LogP contribution in [0.1, 0.15) is 50.7 Å². The van der Waals surface area contributed by atoms with Gasteiger partial charge in [-0.2, -0.15) is 0 Å². The maximum absolute atomic E-state index is 4.85. The van der Waals surface area contributed by atoms with Crippen LogP contribution in [0.5, 0.6) is 0 Å². The van der Waals surface area contributed by atoms with E-state index in [1.165, 1.54) is 11.1 Å². The van der Waals surface area contributed by atoms with Crippen molar-refractivity contribution in [3.63, 3.8) is 0 Å². The van der Waals surface area contributed by atoms with Crippen LogP contribution in [0.4, 0.5) is 5.69 Å². The van der Waals surface area contributed by atoms with Gasteiger partial charge in [0.25, 0.3) is 0 Å². The topological polar surface area (TPSA) is 12.0 Å². The Hall–Kier alpha value is -0.890. The molecule has 0 spiro atoms. The van der Waals surface area contributed by atoms with E-state index < -0.39 is 0 Å². The van der Waals surface area contributed by atoms with E-state index in [-0.39, 0.29) is 0 Å². The van der Waals surface area contributed by atoms with Crippen LogP contribution in [0.15, 0.2) is 18.2 Å². The molecule has 0 saturated carbocycles. The molecule has 1 aromatic rings. The Labute approximate surface area is 97.9 Å². The molecule has 0 unspecified atom stereocenters. The summed E-state index contributed by atoms with van der Waals surface area (Å²) in [5.41, 5.74) is 5.51. The summed E-state index contributed by atoms with van der Waals surface area (Å²) in [7, 11) is 0. The van der Waals surface area contributed by atoms with E-state index in [0.717, 1.165) is 5.69 Å². The van der Waals surface area contributed by atoms with Crippen molar-refractivity contribution >= 4 is 23.4 Å². The van der Waals surface area contributed by atoms with Gasteiger partial charge in [-0.05, 0) is 29.0 Å². The van der Waals surface area contributed by atoms with Gasteiger partial charge in [-0.25, -0.2) is 0 Å². The third kappa shape index (κ3) is 2.78. The van der Waals surface area contributed by atoms with E-state index in [1.807, 2.05) is 0 Å². The summed E-state index contributed by atoms with van der Waals surface area (Å²) >= 11 is 4.85. The van der Waals surface area contributed by atoms with E-state index in [9.17, 15) is 0 Å². The van der Waals surface area contributed by atoms with Crippen molar-refractivity contribution in [1.29, 1.82) is 0 Å². The highest BCUT2D eigenvalue weighted by Gasteiger charge is 2.13. The van der Waals surface area contributed by atoms with Gasteiger partial charge in [0.15, 0.2) is 0 Å². The van der Waals surface area contributed by atoms with Gasteiger partial charge >= 0.3 is 0 Å². The number of thiocarbonyl (C=S) groups is 1. The van der Waals surface area contributed by atoms with Crippen molar-refractivity contribution in [2.75, 3.05) is 5.32 Å². The van der Waals surface area contributed by atoms with Gasteiger partial charge < -0.3 is 5.32 Å². The molecule has 82 valence electrons. The van der Waals surface area contributed by atoms with Gasteiger partial charge in [0.05, 0.1) is 5.49 Å². The predicted molar refractivity (Wildman–Crippen MR) is 71.9 cm³/mol. The summed E-state index contributed by atoms with van der Waals surface area (Å²) in [5.74, 6) is 1.07. The molecular formula is C13H19NS. The molecule has 0 fully saturated rings. The van der Waals surface area contributed by atoms with Crippen LogP contribution >= 0.6 is 12.2 Å². The van der Waals surface area contributed by atoms with Crippen LogP contribution < -0.4 is 5.32 Å². The fourth-order valence-electron chi connectivity index (χ4n) is 1.92. The average molecular weight is 221 g/mol. The Morgan fingerprint density at radius 2 is 1.80 bits per heavy atom. The molecule has 0 saturated heterocycles. The normalized spacial score (nSPS) is 10.8. The lowest BCUT2D eigenvalue weighted by Crippen LogP contribution is -2.04. The molecule has 15 heavy (non-hydrogen) atoms. The molecule has 1 N–H and O–H groups in total. The highest BCUT2D eigenvalue weighted by molar-refractivity contribution is 7.79. The number of hydrogen-bond acceptors (Lipinski definition) is 1. The Bertz CT molecular complexity index is 342. The van der Waals surface area contributed by atoms with E-state index in [4.69, 9.17) is 12.2 Å². The maximum Gasteiger partial charge on any atom is 0.0659 e. The van der Waals surface area contributed by atoms with Crippen LogP contribution in [0.25, 0.3) is 0 Å². The van der Waals surface area contributed by atoms with Crippen molar-refractivity contribution < 1.29 is 0 Å². The zero-order chi connectivity index (χ0) is 11.4. The standard InChI is InChI=1S/C13H19NS/c1-9(2)11-6-5-7-12(14-8-15)13(11)10(3)4/h5-10H,1-4H3,(H,14,15). The summed E-state index contributed by atoms with van der Waals surface area (Å²) in [6, 6.07) is 6.38. The molecule has 0 heterocycles. The molecule has 1 nitrogen and oxygen atoms in total. The minimum absolute atomic E-state index is 0.515. The van der Waals surface area contributed by atoms with Gasteiger partial charge in [0.1, 0.15) is 0 Å². The van der Waals surface area contributed by atoms with Gasteiger partial charge in [-0.15, -0.1) is 0 Å². The Morgan fingerprint density at radius 1 is 1.13 bits per heavy atom. The first-order valence-electron chi connectivity index (χ1n) is 5.41. The molecule has 0 aliphatic heterocycles. The largest absolute Gasteiger partial charge is 0.352 e. The van der Waals surface area contributed by atoms with E-state index >= 15 is 0 Å². The molecular weight excluding hydrogens is 202 g/mol. The van der Waals surface area contributed by atoms with Crippen LogP contribution in [0, 0.1) is 0 Å². The predicted octanol–water partition coefficient (Wildman–Crippen LogP) is 4.30. The lowest BCUT2D eigenvalue weighted by atomic mass is 9.89. The highest BCUT2D eigenvalue weighted by atomic mass is 32.1. The molecule has 1 rings (SSSR count). The second-order valence-electron chi connectivity index (χ2n) is 4.38. The SMILES string of the molecule is CC(C)c1cccc(NC=S)c1C(C)C. The van der Waals surface area contributed by atoms with Crippen molar-refractivity contribution in [2.45, 2.75) is 39.5 Å². The number of benzene rings is 1. The van der Waals surface area contributed by atoms with Crippen LogP contribution in [-0.2, 0) is 0 Å². The zero-order valence-corrected chi connectivity index (χ0v) is 10.7. The quantitative estimate of drug-likeness (QED) is 0.761. The Balaban J connectivity index is 3.27. The molecule has 0 aliphatic carbocycles. The van der Waals surface area contributed by atoms with Gasteiger partial charge in [0.2, 0.25) is 0 Å². The molecule has 0 aliphatic rings. The Kier molecular flexibility index (Phi) is 4.28. The Morgan fingerprint density at radius 3 is 2.27 bits per heavy atom. The lowest BCUT2D eigenvalue weighted by molar-refractivity contribution is 0.793. The zero-order valence-electron chi connectivity index (χ0n) is 9.87. The molecule has 2 heteroatoms. The summed E-state index contributed by atoms with van der Waals surface area (Å²) in [5, 5.41) is 3.14. The molecule has 0 bridgehead atoms. The summed E-state index contributed by atoms with van der Waals surface area (Å²) in [6.45, 7) is 8.89. The fraction of sp³-hybridized carbons (Fsp3) is 0.462. The van der Waals surface area contributed by atoms with Crippen molar-refractivity contribution in [2.24, 2.45) is 0 Å². The monoisotopic (exact) mass is 221 g/mol. The van der Waals surface area contributed by atoms with E-state index in [2.05, 4.69) is 51.2 Å². The minimum Gasteiger partial charge on any atom is -0.352 e. The van der Waals surface area contributed by atoms with Crippen LogP contribution in [0.2, 0.25) is 0 Å². The van der Waals surface area contributed by atoms with E-state index in [1.54, 1.807) is 5.49 Å². The summed E-state index contributed by atoms with van der Waals surface area (Å²) in [4.78, 5) is 0. The third-order valence-electron chi connectivity index (χ3n) is 2.55. The van der Waals surface area contributed by atoms with Gasteiger partial charge in [0, 0.05) is 5.69 Å². The number of hydrogen-bond donors (Lipinski definition) is 1. The summed E-state index contributed by atoms with van der Waals surface area (Å²) < 4.78 is 0. The first-order chi connectivity index (χ1) is 7.07. The molecule has 0 atom stereocenters. The number of anilines is 1. The van der Waals surface area contributed by atoms with Gasteiger partial charge in [-0.3, -0.25) is 0 Å². The lowest BCUT2D eigenvalue weighted by Gasteiger charge is -2.19. The van der Waals surface area contributed by atoms with Crippen molar-refractivity contribution in [3.05, 3.63) is 29.3 Å². The number of rotatable bonds is 4. The smallest absolute Gasteiger partial charge is 0.0659 e. The fourth-order valence-corrected chi connectivity index (χ4v) is 2.05. The maximum atomic E-state index is 4.85. The van der Waals surface area contributed by atoms with Crippen LogP contribution in [-0.4, -0.2) is 5.49 Å². The highest BCUT2D eigenvalue weighted by Crippen LogP contribution is 2.32.